The Morgan fingerprint density at radius 3 is 2.63 bits per heavy atom. The maximum Gasteiger partial charge on any atom is 0.418 e. The highest BCUT2D eigenvalue weighted by molar-refractivity contribution is 6.31. The third kappa shape index (κ3) is 4.17. The number of nitrogens with zero attached hydrogens (tertiary/aromatic N) is 4. The Morgan fingerprint density at radius 1 is 1.30 bits per heavy atom. The number of nitro groups is 1. The van der Waals surface area contributed by atoms with E-state index in [2.05, 4.69) is 15.3 Å². The number of imidazole rings is 1. The van der Waals surface area contributed by atoms with Crippen molar-refractivity contribution in [1.29, 1.82) is 0 Å². The van der Waals surface area contributed by atoms with Gasteiger partial charge in [0.05, 0.1) is 15.5 Å². The first-order chi connectivity index (χ1) is 12.8. The average Bonchev–Trinajstić information content (AvgIpc) is 3.13. The van der Waals surface area contributed by atoms with Crippen LogP contribution in [0, 0.1) is 10.1 Å². The Labute approximate surface area is 155 Å². The van der Waals surface area contributed by atoms with Crippen molar-refractivity contribution in [1.82, 2.24) is 14.5 Å². The highest BCUT2D eigenvalue weighted by atomic mass is 35.5. The Morgan fingerprint density at radius 2 is 2.07 bits per heavy atom. The summed E-state index contributed by atoms with van der Waals surface area (Å²) < 4.78 is 40.4. The van der Waals surface area contributed by atoms with Gasteiger partial charge in [0.15, 0.2) is 0 Å². The molecule has 0 aliphatic heterocycles. The molecule has 27 heavy (non-hydrogen) atoms. The van der Waals surface area contributed by atoms with Crippen LogP contribution in [0.15, 0.2) is 49.2 Å². The summed E-state index contributed by atoms with van der Waals surface area (Å²) in [5.41, 5.74) is -1.41. The summed E-state index contributed by atoms with van der Waals surface area (Å²) in [5, 5.41) is 13.2. The second-order valence-corrected chi connectivity index (χ2v) is 5.86. The van der Waals surface area contributed by atoms with Crippen LogP contribution in [0.5, 0.6) is 0 Å². The lowest BCUT2D eigenvalue weighted by Gasteiger charge is -2.12. The van der Waals surface area contributed by atoms with E-state index in [1.54, 1.807) is 41.6 Å². The van der Waals surface area contributed by atoms with E-state index in [9.17, 15) is 23.3 Å². The fourth-order valence-corrected chi connectivity index (χ4v) is 2.61. The quantitative estimate of drug-likeness (QED) is 0.507. The van der Waals surface area contributed by atoms with Gasteiger partial charge in [-0.15, -0.1) is 0 Å². The molecule has 2 aromatic heterocycles. The zero-order valence-electron chi connectivity index (χ0n) is 13.4. The van der Waals surface area contributed by atoms with Gasteiger partial charge in [-0.1, -0.05) is 17.7 Å². The van der Waals surface area contributed by atoms with Gasteiger partial charge in [0.25, 0.3) is 5.69 Å². The van der Waals surface area contributed by atoms with Gasteiger partial charge in [-0.05, 0) is 17.7 Å². The highest BCUT2D eigenvalue weighted by Crippen LogP contribution is 2.40. The predicted molar refractivity (Wildman–Crippen MR) is 91.8 cm³/mol. The van der Waals surface area contributed by atoms with E-state index < -0.39 is 27.4 Å². The number of aromatic nitrogens is 3. The maximum atomic E-state index is 12.9. The molecule has 140 valence electrons. The third-order valence-electron chi connectivity index (χ3n) is 3.65. The highest BCUT2D eigenvalue weighted by Gasteiger charge is 2.36. The van der Waals surface area contributed by atoms with Gasteiger partial charge in [0.1, 0.15) is 17.8 Å². The first-order valence-corrected chi connectivity index (χ1v) is 7.86. The van der Waals surface area contributed by atoms with Crippen LogP contribution < -0.4 is 5.32 Å². The van der Waals surface area contributed by atoms with Gasteiger partial charge in [0.2, 0.25) is 0 Å². The Hall–Kier alpha value is -3.14. The van der Waals surface area contributed by atoms with Gasteiger partial charge in [-0.25, -0.2) is 9.97 Å². The van der Waals surface area contributed by atoms with E-state index in [4.69, 9.17) is 11.6 Å². The van der Waals surface area contributed by atoms with Crippen LogP contribution in [0.1, 0.15) is 11.1 Å². The van der Waals surface area contributed by atoms with Crippen LogP contribution in [0.2, 0.25) is 5.02 Å². The monoisotopic (exact) mass is 397 g/mol. The molecule has 0 amide bonds. The van der Waals surface area contributed by atoms with Crippen molar-refractivity contribution in [2.45, 2.75) is 12.7 Å². The molecule has 0 aliphatic carbocycles. The standard InChI is InChI=1S/C16H11ClF3N5O2/c17-12-6-13(14(25(26)27)5-11(12)16(18,19)20)22-7-10-1-2-15(23-8-10)24-4-3-21-9-24/h1-6,8-9,22H,7H2. The molecule has 0 unspecified atom stereocenters. The minimum atomic E-state index is -4.78. The van der Waals surface area contributed by atoms with Crippen LogP contribution in [0.4, 0.5) is 24.5 Å². The van der Waals surface area contributed by atoms with E-state index in [1.165, 1.54) is 0 Å². The molecule has 0 radical (unpaired) electrons. The van der Waals surface area contributed by atoms with Crippen LogP contribution in [-0.4, -0.2) is 19.5 Å². The molecule has 1 aromatic carbocycles. The van der Waals surface area contributed by atoms with Crippen molar-refractivity contribution < 1.29 is 18.1 Å². The first-order valence-electron chi connectivity index (χ1n) is 7.48. The van der Waals surface area contributed by atoms with Crippen LogP contribution in [-0.2, 0) is 12.7 Å². The summed E-state index contributed by atoms with van der Waals surface area (Å²) in [6.45, 7) is 0.111. The summed E-state index contributed by atoms with van der Waals surface area (Å²) in [6, 6.07) is 4.76. The molecule has 0 saturated carbocycles. The van der Waals surface area contributed by atoms with Gasteiger partial charge >= 0.3 is 6.18 Å². The lowest BCUT2D eigenvalue weighted by molar-refractivity contribution is -0.384. The molecule has 0 atom stereocenters. The molecule has 0 fully saturated rings. The number of alkyl halides is 3. The minimum Gasteiger partial charge on any atom is -0.375 e. The fourth-order valence-electron chi connectivity index (χ4n) is 2.34. The van der Waals surface area contributed by atoms with E-state index in [0.717, 1.165) is 6.07 Å². The molecule has 3 aromatic rings. The normalized spacial score (nSPS) is 11.4. The van der Waals surface area contributed by atoms with Gasteiger partial charge in [-0.2, -0.15) is 13.2 Å². The smallest absolute Gasteiger partial charge is 0.375 e. The van der Waals surface area contributed by atoms with Gasteiger partial charge in [-0.3, -0.25) is 14.7 Å². The number of anilines is 1. The minimum absolute atomic E-state index is 0.111. The van der Waals surface area contributed by atoms with Crippen LogP contribution in [0.25, 0.3) is 5.82 Å². The molecule has 0 aliphatic rings. The SMILES string of the molecule is O=[N+]([O-])c1cc(C(F)(F)F)c(Cl)cc1NCc1ccc(-n2ccnc2)nc1. The van der Waals surface area contributed by atoms with Gasteiger partial charge < -0.3 is 5.32 Å². The molecular formula is C16H11ClF3N5O2. The van der Waals surface area contributed by atoms with E-state index in [1.807, 2.05) is 0 Å². The summed E-state index contributed by atoms with van der Waals surface area (Å²) in [4.78, 5) is 18.4. The Bertz CT molecular complexity index is 959. The van der Waals surface area contributed by atoms with E-state index in [0.29, 0.717) is 17.4 Å². The topological polar surface area (TPSA) is 85.9 Å². The fraction of sp³-hybridized carbons (Fsp3) is 0.125. The van der Waals surface area contributed by atoms with E-state index >= 15 is 0 Å². The van der Waals surface area contributed by atoms with Crippen LogP contribution >= 0.6 is 11.6 Å². The zero-order chi connectivity index (χ0) is 19.6. The molecule has 2 heterocycles. The van der Waals surface area contributed by atoms with E-state index in [-0.39, 0.29) is 12.2 Å². The lowest BCUT2D eigenvalue weighted by Crippen LogP contribution is -2.09. The predicted octanol–water partition coefficient (Wildman–Crippen LogP) is 4.46. The molecule has 1 N–H and O–H groups in total. The largest absolute Gasteiger partial charge is 0.418 e. The number of hydrogen-bond acceptors (Lipinski definition) is 5. The first kappa shape index (κ1) is 18.6. The molecule has 11 heteroatoms. The second kappa shape index (κ2) is 7.23. The molecular weight excluding hydrogens is 387 g/mol. The van der Waals surface area contributed by atoms with Crippen molar-refractivity contribution in [2.75, 3.05) is 5.32 Å². The number of halogens is 4. The summed E-state index contributed by atoms with van der Waals surface area (Å²) in [5.74, 6) is 0.625. The summed E-state index contributed by atoms with van der Waals surface area (Å²) >= 11 is 5.65. The molecule has 0 saturated heterocycles. The summed E-state index contributed by atoms with van der Waals surface area (Å²) in [7, 11) is 0. The number of nitro benzene ring substituents is 1. The molecule has 3 rings (SSSR count). The number of pyridine rings is 1. The Kier molecular flexibility index (Phi) is 5.00. The lowest BCUT2D eigenvalue weighted by atomic mass is 10.1. The number of hydrogen-bond donors (Lipinski definition) is 1. The molecule has 0 spiro atoms. The third-order valence-corrected chi connectivity index (χ3v) is 3.96. The van der Waals surface area contributed by atoms with Crippen molar-refractivity contribution in [3.8, 4) is 5.82 Å². The maximum absolute atomic E-state index is 12.9. The van der Waals surface area contributed by atoms with Crippen molar-refractivity contribution >= 4 is 23.0 Å². The Balaban J connectivity index is 1.81. The van der Waals surface area contributed by atoms with Gasteiger partial charge in [0, 0.05) is 31.2 Å². The number of benzene rings is 1. The molecule has 0 bridgehead atoms. The zero-order valence-corrected chi connectivity index (χ0v) is 14.2. The second-order valence-electron chi connectivity index (χ2n) is 5.45. The average molecular weight is 398 g/mol. The van der Waals surface area contributed by atoms with Crippen molar-refractivity contribution in [3.63, 3.8) is 0 Å². The molecule has 7 nitrogen and oxygen atoms in total. The summed E-state index contributed by atoms with van der Waals surface area (Å²) in [6.07, 6.45) is 1.65. The number of nitrogens with one attached hydrogen (secondary N) is 1. The van der Waals surface area contributed by atoms with Crippen LogP contribution in [0.3, 0.4) is 0 Å². The van der Waals surface area contributed by atoms with Crippen molar-refractivity contribution in [3.05, 3.63) is 75.4 Å². The number of rotatable bonds is 5. The van der Waals surface area contributed by atoms with Crippen molar-refractivity contribution in [2.24, 2.45) is 0 Å².